The molecule has 0 aliphatic carbocycles. The summed E-state index contributed by atoms with van der Waals surface area (Å²) >= 11 is 8.40. The van der Waals surface area contributed by atoms with Crippen molar-refractivity contribution in [2.24, 2.45) is 0 Å². The molecule has 0 aliphatic rings. The van der Waals surface area contributed by atoms with E-state index < -0.39 is 8.80 Å². The maximum absolute atomic E-state index is 5.32. The van der Waals surface area contributed by atoms with Crippen molar-refractivity contribution in [3.63, 3.8) is 0 Å². The van der Waals surface area contributed by atoms with Gasteiger partial charge in [-0.25, -0.2) is 0 Å². The van der Waals surface area contributed by atoms with E-state index in [9.17, 15) is 0 Å². The van der Waals surface area contributed by atoms with Crippen molar-refractivity contribution in [2.45, 2.75) is 12.5 Å². The monoisotopic (exact) mass is 286 g/mol. The summed E-state index contributed by atoms with van der Waals surface area (Å²) in [6, 6.07) is 0.834. The summed E-state index contributed by atoms with van der Waals surface area (Å²) in [7, 11) is 2.55. The molecular weight excluding hydrogens is 268 g/mol. The van der Waals surface area contributed by atoms with E-state index in [-0.39, 0.29) is 0 Å². The molecule has 0 rings (SSSR count). The summed E-state index contributed by atoms with van der Waals surface area (Å²) in [4.78, 5) is 0. The van der Waals surface area contributed by atoms with Gasteiger partial charge in [0.05, 0.1) is 0 Å². The minimum Gasteiger partial charge on any atom is -0.377 e. The number of thioether (sulfide) groups is 2. The second-order valence-electron chi connectivity index (χ2n) is 2.70. The Balaban J connectivity index is 3.76. The SMILES string of the molecule is CO[Si](CCCSC(=S)SC)(OC)OC. The molecule has 0 fully saturated rings. The quantitative estimate of drug-likeness (QED) is 0.406. The van der Waals surface area contributed by atoms with Crippen molar-refractivity contribution in [3.05, 3.63) is 0 Å². The molecule has 0 atom stereocenters. The van der Waals surface area contributed by atoms with Gasteiger partial charge in [0.1, 0.15) is 3.53 Å². The maximum Gasteiger partial charge on any atom is 0.500 e. The fraction of sp³-hybridized carbons (Fsp3) is 0.875. The third kappa shape index (κ3) is 6.25. The molecular formula is C8H18O3S3Si. The molecule has 0 bridgehead atoms. The van der Waals surface area contributed by atoms with Crippen LogP contribution in [0.2, 0.25) is 6.04 Å². The van der Waals surface area contributed by atoms with Gasteiger partial charge in [-0.2, -0.15) is 0 Å². The van der Waals surface area contributed by atoms with Gasteiger partial charge in [-0.1, -0.05) is 12.2 Å². The van der Waals surface area contributed by atoms with E-state index in [1.807, 2.05) is 6.26 Å². The highest BCUT2D eigenvalue weighted by Gasteiger charge is 2.36. The van der Waals surface area contributed by atoms with Crippen LogP contribution in [0.4, 0.5) is 0 Å². The average molecular weight is 287 g/mol. The minimum atomic E-state index is -2.36. The summed E-state index contributed by atoms with van der Waals surface area (Å²) in [5.41, 5.74) is 0. The zero-order valence-electron chi connectivity index (χ0n) is 9.57. The fourth-order valence-electron chi connectivity index (χ4n) is 1.06. The van der Waals surface area contributed by atoms with E-state index in [0.29, 0.717) is 0 Å². The van der Waals surface area contributed by atoms with Crippen molar-refractivity contribution in [2.75, 3.05) is 33.3 Å². The molecule has 0 saturated heterocycles. The van der Waals surface area contributed by atoms with Crippen LogP contribution >= 0.6 is 35.7 Å². The lowest BCUT2D eigenvalue weighted by Crippen LogP contribution is -2.42. The second kappa shape index (κ2) is 8.97. The van der Waals surface area contributed by atoms with Gasteiger partial charge < -0.3 is 13.3 Å². The molecule has 7 heteroatoms. The van der Waals surface area contributed by atoms with Crippen molar-refractivity contribution in [1.29, 1.82) is 0 Å². The van der Waals surface area contributed by atoms with E-state index in [1.165, 1.54) is 0 Å². The van der Waals surface area contributed by atoms with Crippen LogP contribution in [0.15, 0.2) is 0 Å². The molecule has 90 valence electrons. The highest BCUT2D eigenvalue weighted by atomic mass is 32.2. The molecule has 0 amide bonds. The van der Waals surface area contributed by atoms with Gasteiger partial charge in [0.25, 0.3) is 0 Å². The normalized spacial score (nSPS) is 11.7. The van der Waals surface area contributed by atoms with E-state index in [0.717, 1.165) is 21.7 Å². The van der Waals surface area contributed by atoms with E-state index in [4.69, 9.17) is 25.5 Å². The number of hydrogen-bond donors (Lipinski definition) is 0. The highest BCUT2D eigenvalue weighted by molar-refractivity contribution is 8.46. The molecule has 0 aliphatic heterocycles. The van der Waals surface area contributed by atoms with Crippen LogP contribution in [0.3, 0.4) is 0 Å². The molecule has 0 N–H and O–H groups in total. The first-order chi connectivity index (χ1) is 7.14. The second-order valence-corrected chi connectivity index (χ2v) is 8.90. The van der Waals surface area contributed by atoms with Crippen LogP contribution < -0.4 is 0 Å². The third-order valence-corrected chi connectivity index (χ3v) is 7.55. The lowest BCUT2D eigenvalue weighted by Gasteiger charge is -2.24. The van der Waals surface area contributed by atoms with Crippen LogP contribution in [0.25, 0.3) is 0 Å². The lowest BCUT2D eigenvalue weighted by atomic mass is 10.6. The zero-order chi connectivity index (χ0) is 11.7. The molecule has 0 aromatic carbocycles. The number of rotatable bonds is 7. The third-order valence-electron chi connectivity index (χ3n) is 1.95. The van der Waals surface area contributed by atoms with E-state index in [1.54, 1.807) is 44.9 Å². The van der Waals surface area contributed by atoms with Crippen LogP contribution in [0.5, 0.6) is 0 Å². The molecule has 0 spiro atoms. The highest BCUT2D eigenvalue weighted by Crippen LogP contribution is 2.20. The molecule has 3 nitrogen and oxygen atoms in total. The molecule has 0 radical (unpaired) electrons. The summed E-state index contributed by atoms with van der Waals surface area (Å²) in [5.74, 6) is 0.991. The Labute approximate surface area is 107 Å². The van der Waals surface area contributed by atoms with Crippen LogP contribution in [0, 0.1) is 0 Å². The summed E-state index contributed by atoms with van der Waals surface area (Å²) in [6.07, 6.45) is 2.99. The average Bonchev–Trinajstić information content (AvgIpc) is 2.30. The lowest BCUT2D eigenvalue weighted by molar-refractivity contribution is 0.123. The Hall–Kier alpha value is 0.887. The topological polar surface area (TPSA) is 27.7 Å². The molecule has 0 aromatic heterocycles. The minimum absolute atomic E-state index is 0.834. The first-order valence-corrected chi connectivity index (χ1v) is 9.05. The summed E-state index contributed by atoms with van der Waals surface area (Å²) in [5, 5.41) is 0. The molecule has 0 saturated carbocycles. The fourth-order valence-corrected chi connectivity index (χ4v) is 4.46. The van der Waals surface area contributed by atoms with Gasteiger partial charge in [-0.3, -0.25) is 0 Å². The van der Waals surface area contributed by atoms with E-state index >= 15 is 0 Å². The van der Waals surface area contributed by atoms with Crippen molar-refractivity contribution in [1.82, 2.24) is 0 Å². The standard InChI is InChI=1S/C8H18O3S3Si/c1-9-15(10-2,11-3)7-5-6-14-8(12)13-4/h5-7H2,1-4H3. The number of hydrogen-bond acceptors (Lipinski definition) is 6. The largest absolute Gasteiger partial charge is 0.500 e. The van der Waals surface area contributed by atoms with Gasteiger partial charge in [0.15, 0.2) is 0 Å². The van der Waals surface area contributed by atoms with Crippen molar-refractivity contribution in [3.8, 4) is 0 Å². The molecule has 0 heterocycles. The van der Waals surface area contributed by atoms with Gasteiger partial charge >= 0.3 is 8.80 Å². The summed E-state index contributed by atoms with van der Waals surface area (Å²) in [6.45, 7) is 0. The maximum atomic E-state index is 5.32. The smallest absolute Gasteiger partial charge is 0.377 e. The Bertz CT molecular complexity index is 180. The molecule has 0 unspecified atom stereocenters. The summed E-state index contributed by atoms with van der Waals surface area (Å²) < 4.78 is 16.9. The van der Waals surface area contributed by atoms with Gasteiger partial charge in [0, 0.05) is 27.4 Å². The first-order valence-electron chi connectivity index (χ1n) is 4.50. The van der Waals surface area contributed by atoms with Crippen molar-refractivity contribution >= 4 is 48.1 Å². The molecule has 0 aromatic rings. The first kappa shape index (κ1) is 15.9. The Morgan fingerprint density at radius 1 is 1.20 bits per heavy atom. The number of thiocarbonyl (C=S) groups is 1. The van der Waals surface area contributed by atoms with Crippen LogP contribution in [-0.2, 0) is 13.3 Å². The van der Waals surface area contributed by atoms with Gasteiger partial charge in [0.2, 0.25) is 0 Å². The Morgan fingerprint density at radius 2 is 1.73 bits per heavy atom. The predicted molar refractivity (Wildman–Crippen MR) is 74.8 cm³/mol. The molecule has 15 heavy (non-hydrogen) atoms. The Kier molecular flexibility index (Phi) is 9.50. The van der Waals surface area contributed by atoms with Crippen LogP contribution in [0.1, 0.15) is 6.42 Å². The zero-order valence-corrected chi connectivity index (χ0v) is 13.0. The predicted octanol–water partition coefficient (Wildman–Crippen LogP) is 2.64. The van der Waals surface area contributed by atoms with E-state index in [2.05, 4.69) is 0 Å². The van der Waals surface area contributed by atoms with Crippen molar-refractivity contribution < 1.29 is 13.3 Å². The Morgan fingerprint density at radius 3 is 2.13 bits per heavy atom. The van der Waals surface area contributed by atoms with Gasteiger partial charge in [-0.05, 0) is 18.4 Å². The van der Waals surface area contributed by atoms with Crippen LogP contribution in [-0.4, -0.2) is 45.7 Å². The van der Waals surface area contributed by atoms with Gasteiger partial charge in [-0.15, -0.1) is 23.5 Å².